The van der Waals surface area contributed by atoms with Crippen LogP contribution in [0.25, 0.3) is 11.0 Å². The number of carbonyl (C=O) groups is 3. The number of imidazole rings is 1. The molecule has 12 nitrogen and oxygen atoms in total. The van der Waals surface area contributed by atoms with Crippen LogP contribution in [-0.4, -0.2) is 52.0 Å². The van der Waals surface area contributed by atoms with Gasteiger partial charge < -0.3 is 19.5 Å². The molecule has 12 heteroatoms. The summed E-state index contributed by atoms with van der Waals surface area (Å²) < 4.78 is 6.92. The van der Waals surface area contributed by atoms with Crippen molar-refractivity contribution in [1.29, 1.82) is 10.5 Å². The average molecular weight is 641 g/mol. The molecule has 2 amide bonds. The lowest BCUT2D eigenvalue weighted by Gasteiger charge is -2.23. The van der Waals surface area contributed by atoms with Crippen molar-refractivity contribution in [2.75, 3.05) is 34.8 Å². The molecule has 0 unspecified atom stereocenters. The molecule has 2 aromatic heterocycles. The topological polar surface area (TPSA) is 157 Å². The number of rotatable bonds is 12. The number of hydrogen-bond acceptors (Lipinski definition) is 9. The Balaban J connectivity index is 1.41. The van der Waals surface area contributed by atoms with E-state index in [1.807, 2.05) is 11.6 Å². The summed E-state index contributed by atoms with van der Waals surface area (Å²) in [6.07, 6.45) is 1.58. The highest BCUT2D eigenvalue weighted by molar-refractivity contribution is 6.07. The summed E-state index contributed by atoms with van der Waals surface area (Å²) in [5.74, 6) is -0.0474. The minimum absolute atomic E-state index is 0.00533. The van der Waals surface area contributed by atoms with Crippen molar-refractivity contribution in [3.63, 3.8) is 0 Å². The van der Waals surface area contributed by atoms with Gasteiger partial charge in [0.2, 0.25) is 5.91 Å². The zero-order valence-corrected chi connectivity index (χ0v) is 26.5. The number of nitriles is 2. The fourth-order valence-electron chi connectivity index (χ4n) is 5.07. The number of hydrogen-bond donors (Lipinski definition) is 1. The van der Waals surface area contributed by atoms with E-state index in [0.29, 0.717) is 45.2 Å². The van der Waals surface area contributed by atoms with Gasteiger partial charge >= 0.3 is 5.97 Å². The standard InChI is InChI=1S/C36H32N8O4/c1-3-48-35(46)17-19-43(32-6-4-5-18-39-32)36(47)27-11-16-31-30(20-27)41-33(42(31)2)24-44(29-14-9-26(22-38)10-15-29)34(45)23-40-28-12-7-25(21-37)8-13-28/h4-16,18,20,40H,3,17,19,23-24H2,1-2H3. The van der Waals surface area contributed by atoms with Crippen LogP contribution in [0.15, 0.2) is 91.1 Å². The number of pyridine rings is 1. The van der Waals surface area contributed by atoms with Crippen molar-refractivity contribution in [1.82, 2.24) is 14.5 Å². The van der Waals surface area contributed by atoms with E-state index >= 15 is 0 Å². The molecule has 0 aliphatic rings. The SMILES string of the molecule is CCOC(=O)CCN(C(=O)c1ccc2c(c1)nc(CN(C(=O)CNc1ccc(C#N)cc1)c1ccc(C#N)cc1)n2C)c1ccccn1. The maximum atomic E-state index is 13.8. The number of amides is 2. The largest absolute Gasteiger partial charge is 0.466 e. The summed E-state index contributed by atoms with van der Waals surface area (Å²) in [7, 11) is 1.84. The van der Waals surface area contributed by atoms with Crippen LogP contribution in [0.5, 0.6) is 0 Å². The maximum Gasteiger partial charge on any atom is 0.307 e. The summed E-state index contributed by atoms with van der Waals surface area (Å²) in [4.78, 5) is 51.7. The van der Waals surface area contributed by atoms with Crippen LogP contribution in [0.4, 0.5) is 17.2 Å². The van der Waals surface area contributed by atoms with E-state index in [9.17, 15) is 19.6 Å². The van der Waals surface area contributed by atoms with Gasteiger partial charge in [0.25, 0.3) is 5.91 Å². The lowest BCUT2D eigenvalue weighted by Crippen LogP contribution is -2.36. The molecule has 0 aliphatic heterocycles. The Hall–Kier alpha value is -6.53. The van der Waals surface area contributed by atoms with Crippen LogP contribution in [0.3, 0.4) is 0 Å². The molecule has 2 heterocycles. The zero-order valence-electron chi connectivity index (χ0n) is 26.5. The molecule has 5 rings (SSSR count). The third kappa shape index (κ3) is 7.63. The highest BCUT2D eigenvalue weighted by Crippen LogP contribution is 2.24. The van der Waals surface area contributed by atoms with Gasteiger partial charge in [-0.05, 0) is 85.8 Å². The maximum absolute atomic E-state index is 13.8. The first-order chi connectivity index (χ1) is 23.3. The number of nitrogens with zero attached hydrogens (tertiary/aromatic N) is 7. The quantitative estimate of drug-likeness (QED) is 0.186. The fraction of sp³-hybridized carbons (Fsp3) is 0.194. The Morgan fingerprint density at radius 3 is 2.27 bits per heavy atom. The number of esters is 1. The van der Waals surface area contributed by atoms with E-state index in [2.05, 4.69) is 22.4 Å². The summed E-state index contributed by atoms with van der Waals surface area (Å²) in [6.45, 7) is 2.12. The van der Waals surface area contributed by atoms with Crippen LogP contribution in [0.1, 0.15) is 40.7 Å². The van der Waals surface area contributed by atoms with Gasteiger partial charge in [-0.1, -0.05) is 6.07 Å². The van der Waals surface area contributed by atoms with E-state index in [-0.39, 0.29) is 44.5 Å². The van der Waals surface area contributed by atoms with Crippen molar-refractivity contribution in [2.45, 2.75) is 19.9 Å². The molecule has 0 fully saturated rings. The Labute approximate surface area is 277 Å². The predicted octanol–water partition coefficient (Wildman–Crippen LogP) is 4.96. The first-order valence-corrected chi connectivity index (χ1v) is 15.2. The molecule has 0 bridgehead atoms. The van der Waals surface area contributed by atoms with Crippen LogP contribution < -0.4 is 15.1 Å². The first-order valence-electron chi connectivity index (χ1n) is 15.2. The number of anilines is 3. The zero-order chi connectivity index (χ0) is 34.0. The normalized spacial score (nSPS) is 10.5. The lowest BCUT2D eigenvalue weighted by molar-refractivity contribution is -0.142. The monoisotopic (exact) mass is 640 g/mol. The number of benzene rings is 3. The summed E-state index contributed by atoms with van der Waals surface area (Å²) in [5, 5.41) is 21.5. The number of nitrogens with one attached hydrogen (secondary N) is 1. The van der Waals surface area contributed by atoms with Gasteiger partial charge in [-0.25, -0.2) is 9.97 Å². The minimum atomic E-state index is -0.412. The third-order valence-electron chi connectivity index (χ3n) is 7.60. The van der Waals surface area contributed by atoms with E-state index < -0.39 is 5.97 Å². The first kappa shape index (κ1) is 32.9. The molecule has 0 radical (unpaired) electrons. The van der Waals surface area contributed by atoms with Crippen LogP contribution in [0.2, 0.25) is 0 Å². The van der Waals surface area contributed by atoms with Crippen molar-refractivity contribution in [3.8, 4) is 12.1 Å². The van der Waals surface area contributed by atoms with Gasteiger partial charge in [-0.3, -0.25) is 19.3 Å². The van der Waals surface area contributed by atoms with E-state index in [4.69, 9.17) is 15.0 Å². The molecule has 1 N–H and O–H groups in total. The number of aryl methyl sites for hydroxylation is 1. The van der Waals surface area contributed by atoms with Crippen molar-refractivity contribution < 1.29 is 19.1 Å². The molecule has 3 aromatic carbocycles. The second kappa shape index (κ2) is 15.2. The van der Waals surface area contributed by atoms with E-state index in [0.717, 1.165) is 5.52 Å². The molecule has 48 heavy (non-hydrogen) atoms. The van der Waals surface area contributed by atoms with Crippen molar-refractivity contribution >= 4 is 46.0 Å². The Morgan fingerprint density at radius 1 is 0.917 bits per heavy atom. The van der Waals surface area contributed by atoms with Gasteiger partial charge in [-0.15, -0.1) is 0 Å². The van der Waals surface area contributed by atoms with Gasteiger partial charge in [0, 0.05) is 36.7 Å². The molecular formula is C36H32N8O4. The van der Waals surface area contributed by atoms with Crippen LogP contribution in [-0.2, 0) is 27.9 Å². The minimum Gasteiger partial charge on any atom is -0.466 e. The predicted molar refractivity (Wildman–Crippen MR) is 180 cm³/mol. The Kier molecular flexibility index (Phi) is 10.4. The molecule has 0 aliphatic carbocycles. The van der Waals surface area contributed by atoms with Crippen LogP contribution >= 0.6 is 0 Å². The Morgan fingerprint density at radius 2 is 1.62 bits per heavy atom. The Bertz CT molecular complexity index is 2010. The fourth-order valence-corrected chi connectivity index (χ4v) is 5.07. The molecule has 5 aromatic rings. The lowest BCUT2D eigenvalue weighted by atomic mass is 10.1. The summed E-state index contributed by atoms with van der Waals surface area (Å²) in [5.41, 5.74) is 3.89. The number of aromatic nitrogens is 3. The van der Waals surface area contributed by atoms with Crippen molar-refractivity contribution in [2.24, 2.45) is 7.05 Å². The number of ether oxygens (including phenoxy) is 1. The van der Waals surface area contributed by atoms with Crippen molar-refractivity contribution in [3.05, 3.63) is 114 Å². The molecule has 0 saturated carbocycles. The second-order valence-corrected chi connectivity index (χ2v) is 10.7. The number of fused-ring (bicyclic) bond motifs is 1. The molecule has 0 saturated heterocycles. The highest BCUT2D eigenvalue weighted by Gasteiger charge is 2.23. The van der Waals surface area contributed by atoms with Gasteiger partial charge in [0.15, 0.2) is 0 Å². The summed E-state index contributed by atoms with van der Waals surface area (Å²) in [6, 6.07) is 28.0. The third-order valence-corrected chi connectivity index (χ3v) is 7.60. The van der Waals surface area contributed by atoms with Gasteiger partial charge in [0.05, 0.1) is 60.4 Å². The molecule has 240 valence electrons. The van der Waals surface area contributed by atoms with Gasteiger partial charge in [-0.2, -0.15) is 10.5 Å². The highest BCUT2D eigenvalue weighted by atomic mass is 16.5. The van der Waals surface area contributed by atoms with Gasteiger partial charge in [0.1, 0.15) is 11.6 Å². The molecular weight excluding hydrogens is 608 g/mol. The van der Waals surface area contributed by atoms with E-state index in [1.54, 1.807) is 103 Å². The average Bonchev–Trinajstić information content (AvgIpc) is 3.44. The molecule has 0 spiro atoms. The van der Waals surface area contributed by atoms with E-state index in [1.165, 1.54) is 4.90 Å². The number of carbonyl (C=O) groups excluding carboxylic acids is 3. The molecule has 0 atom stereocenters. The summed E-state index contributed by atoms with van der Waals surface area (Å²) >= 11 is 0. The second-order valence-electron chi connectivity index (χ2n) is 10.7. The van der Waals surface area contributed by atoms with Crippen LogP contribution in [0, 0.1) is 22.7 Å². The smallest absolute Gasteiger partial charge is 0.307 e.